The molecular weight excluding hydrogens is 362 g/mol. The van der Waals surface area contributed by atoms with Crippen LogP contribution in [0.15, 0.2) is 27.9 Å². The molecule has 0 aliphatic rings. The van der Waals surface area contributed by atoms with Crippen molar-refractivity contribution in [2.45, 2.75) is 39.8 Å². The van der Waals surface area contributed by atoms with Crippen LogP contribution in [-0.2, 0) is 17.8 Å². The average Bonchev–Trinajstić information content (AvgIpc) is 3.23. The van der Waals surface area contributed by atoms with Gasteiger partial charge in [0, 0.05) is 45.7 Å². The molecule has 3 aromatic heterocycles. The predicted octanol–water partition coefficient (Wildman–Crippen LogP) is 1.66. The van der Waals surface area contributed by atoms with Crippen LogP contribution >= 0.6 is 0 Å². The minimum absolute atomic E-state index is 0.185. The topological polar surface area (TPSA) is 104 Å². The normalized spacial score (nSPS) is 11.2. The van der Waals surface area contributed by atoms with Gasteiger partial charge in [-0.3, -0.25) is 14.2 Å². The molecule has 0 unspecified atom stereocenters. The molecule has 0 aliphatic heterocycles. The van der Waals surface area contributed by atoms with E-state index in [-0.39, 0.29) is 28.1 Å². The van der Waals surface area contributed by atoms with Gasteiger partial charge >= 0.3 is 0 Å². The summed E-state index contributed by atoms with van der Waals surface area (Å²) in [5.74, 6) is 0.993. The molecule has 150 valence electrons. The Morgan fingerprint density at radius 3 is 2.71 bits per heavy atom. The molecule has 0 aliphatic carbocycles. The molecule has 0 saturated carbocycles. The maximum absolute atomic E-state index is 12.8. The Morgan fingerprint density at radius 1 is 1.21 bits per heavy atom. The van der Waals surface area contributed by atoms with Gasteiger partial charge in [-0.2, -0.15) is 0 Å². The van der Waals surface area contributed by atoms with Gasteiger partial charge in [0.05, 0.1) is 5.56 Å². The molecule has 0 spiro atoms. The number of nitrogens with one attached hydrogen (secondary N) is 1. The number of nitrogens with zero attached hydrogens (tertiary/aromatic N) is 4. The first kappa shape index (κ1) is 19.8. The Balaban J connectivity index is 1.72. The molecule has 0 atom stereocenters. The fourth-order valence-electron chi connectivity index (χ4n) is 3.13. The van der Waals surface area contributed by atoms with E-state index in [4.69, 9.17) is 9.15 Å². The van der Waals surface area contributed by atoms with Gasteiger partial charge in [0.1, 0.15) is 23.3 Å². The van der Waals surface area contributed by atoms with E-state index in [2.05, 4.69) is 15.3 Å². The summed E-state index contributed by atoms with van der Waals surface area (Å²) in [6, 6.07) is 0. The fourth-order valence-corrected chi connectivity index (χ4v) is 3.13. The zero-order chi connectivity index (χ0) is 20.1. The maximum Gasteiger partial charge on any atom is 0.265 e. The first-order valence-corrected chi connectivity index (χ1v) is 9.26. The quantitative estimate of drug-likeness (QED) is 0.560. The molecule has 0 saturated heterocycles. The predicted molar refractivity (Wildman–Crippen MR) is 103 cm³/mol. The van der Waals surface area contributed by atoms with Crippen molar-refractivity contribution in [2.75, 3.05) is 20.3 Å². The van der Waals surface area contributed by atoms with Crippen molar-refractivity contribution in [3.8, 4) is 0 Å². The maximum atomic E-state index is 12.8. The van der Waals surface area contributed by atoms with Crippen molar-refractivity contribution in [2.24, 2.45) is 0 Å². The number of carbonyl (C=O) groups excluding carboxylic acids is 1. The van der Waals surface area contributed by atoms with Crippen LogP contribution in [0.5, 0.6) is 0 Å². The number of methoxy groups -OCH3 is 1. The summed E-state index contributed by atoms with van der Waals surface area (Å²) >= 11 is 0. The van der Waals surface area contributed by atoms with E-state index in [1.54, 1.807) is 20.2 Å². The zero-order valence-electron chi connectivity index (χ0n) is 16.4. The first-order valence-electron chi connectivity index (χ1n) is 9.26. The molecule has 3 aromatic rings. The van der Waals surface area contributed by atoms with E-state index in [1.807, 2.05) is 17.7 Å². The number of aryl methyl sites for hydroxylation is 4. The number of imidazole rings is 1. The van der Waals surface area contributed by atoms with Gasteiger partial charge in [-0.15, -0.1) is 0 Å². The van der Waals surface area contributed by atoms with Crippen molar-refractivity contribution in [3.05, 3.63) is 46.2 Å². The summed E-state index contributed by atoms with van der Waals surface area (Å²) < 4.78 is 14.1. The molecule has 9 heteroatoms. The van der Waals surface area contributed by atoms with Crippen LogP contribution < -0.4 is 10.9 Å². The highest BCUT2D eigenvalue weighted by molar-refractivity contribution is 6.06. The van der Waals surface area contributed by atoms with Crippen molar-refractivity contribution in [1.29, 1.82) is 0 Å². The highest BCUT2D eigenvalue weighted by Gasteiger charge is 2.22. The molecule has 28 heavy (non-hydrogen) atoms. The van der Waals surface area contributed by atoms with Crippen LogP contribution in [0.25, 0.3) is 11.1 Å². The third kappa shape index (κ3) is 4.14. The van der Waals surface area contributed by atoms with Crippen molar-refractivity contribution >= 4 is 17.0 Å². The fraction of sp³-hybridized carbons (Fsp3) is 0.474. The monoisotopic (exact) mass is 387 g/mol. The highest BCUT2D eigenvalue weighted by atomic mass is 16.5. The number of fused-ring (bicyclic) bond motifs is 1. The van der Waals surface area contributed by atoms with Crippen LogP contribution in [0, 0.1) is 13.8 Å². The van der Waals surface area contributed by atoms with Gasteiger partial charge in [0.25, 0.3) is 11.5 Å². The van der Waals surface area contributed by atoms with E-state index in [9.17, 15) is 9.59 Å². The van der Waals surface area contributed by atoms with Gasteiger partial charge in [0.2, 0.25) is 5.71 Å². The summed E-state index contributed by atoms with van der Waals surface area (Å²) in [6.45, 7) is 5.84. The lowest BCUT2D eigenvalue weighted by Crippen LogP contribution is -2.28. The number of hydrogen-bond donors (Lipinski definition) is 1. The standard InChI is InChI=1S/C19H25N5O4/c1-13-15(17(25)21-6-4-8-23-10-7-20-14(23)2)16-18(28-13)22-12-24(19(16)26)9-5-11-27-3/h7,10,12H,4-6,8-9,11H2,1-3H3,(H,21,25). The van der Waals surface area contributed by atoms with Crippen LogP contribution in [0.1, 0.15) is 34.8 Å². The van der Waals surface area contributed by atoms with Crippen LogP contribution in [0.4, 0.5) is 0 Å². The molecule has 3 heterocycles. The number of rotatable bonds is 9. The lowest BCUT2D eigenvalue weighted by Gasteiger charge is -2.07. The minimum Gasteiger partial charge on any atom is -0.442 e. The third-order valence-electron chi connectivity index (χ3n) is 4.61. The van der Waals surface area contributed by atoms with Gasteiger partial charge in [-0.1, -0.05) is 0 Å². The Kier molecular flexibility index (Phi) is 6.25. The van der Waals surface area contributed by atoms with Crippen LogP contribution in [-0.4, -0.2) is 45.3 Å². The number of aromatic nitrogens is 4. The molecule has 1 N–H and O–H groups in total. The van der Waals surface area contributed by atoms with Gasteiger partial charge in [-0.25, -0.2) is 9.97 Å². The second-order valence-electron chi connectivity index (χ2n) is 6.58. The molecule has 9 nitrogen and oxygen atoms in total. The van der Waals surface area contributed by atoms with Crippen molar-refractivity contribution in [3.63, 3.8) is 0 Å². The summed E-state index contributed by atoms with van der Waals surface area (Å²) in [7, 11) is 1.61. The van der Waals surface area contributed by atoms with E-state index < -0.39 is 0 Å². The number of furan rings is 1. The number of carbonyl (C=O) groups is 1. The lowest BCUT2D eigenvalue weighted by atomic mass is 10.1. The Labute approximate surface area is 162 Å². The first-order chi connectivity index (χ1) is 13.5. The molecular formula is C19H25N5O4. The Bertz CT molecular complexity index is 1020. The largest absolute Gasteiger partial charge is 0.442 e. The van der Waals surface area contributed by atoms with Gasteiger partial charge in [-0.05, 0) is 26.7 Å². The van der Waals surface area contributed by atoms with Crippen molar-refractivity contribution in [1.82, 2.24) is 24.4 Å². The molecule has 0 bridgehead atoms. The molecule has 0 aromatic carbocycles. The van der Waals surface area contributed by atoms with Crippen LogP contribution in [0.3, 0.4) is 0 Å². The molecule has 3 rings (SSSR count). The van der Waals surface area contributed by atoms with Gasteiger partial charge in [0.15, 0.2) is 0 Å². The summed E-state index contributed by atoms with van der Waals surface area (Å²) in [6.07, 6.45) is 6.52. The molecule has 0 radical (unpaired) electrons. The number of hydrogen-bond acceptors (Lipinski definition) is 6. The number of ether oxygens (including phenoxy) is 1. The van der Waals surface area contributed by atoms with E-state index >= 15 is 0 Å². The highest BCUT2D eigenvalue weighted by Crippen LogP contribution is 2.20. The van der Waals surface area contributed by atoms with E-state index in [0.29, 0.717) is 31.9 Å². The van der Waals surface area contributed by atoms with E-state index in [1.165, 1.54) is 10.9 Å². The smallest absolute Gasteiger partial charge is 0.265 e. The SMILES string of the molecule is COCCCn1cnc2oc(C)c(C(=O)NCCCn3ccnc3C)c2c1=O. The van der Waals surface area contributed by atoms with E-state index in [0.717, 1.165) is 18.8 Å². The van der Waals surface area contributed by atoms with Crippen molar-refractivity contribution < 1.29 is 13.9 Å². The summed E-state index contributed by atoms with van der Waals surface area (Å²) in [5.41, 5.74) is 0.161. The second kappa shape index (κ2) is 8.83. The Hall–Kier alpha value is -2.94. The molecule has 1 amide bonds. The van der Waals surface area contributed by atoms with Crippen LogP contribution in [0.2, 0.25) is 0 Å². The molecule has 0 fully saturated rings. The summed E-state index contributed by atoms with van der Waals surface area (Å²) in [5, 5.41) is 3.09. The summed E-state index contributed by atoms with van der Waals surface area (Å²) in [4.78, 5) is 33.9. The third-order valence-corrected chi connectivity index (χ3v) is 4.61. The van der Waals surface area contributed by atoms with Gasteiger partial charge < -0.3 is 19.0 Å². The average molecular weight is 387 g/mol. The number of amides is 1. The lowest BCUT2D eigenvalue weighted by molar-refractivity contribution is 0.0952. The second-order valence-corrected chi connectivity index (χ2v) is 6.58. The minimum atomic E-state index is -0.327. The Morgan fingerprint density at radius 2 is 2.00 bits per heavy atom. The zero-order valence-corrected chi connectivity index (χ0v) is 16.4.